The maximum Gasteiger partial charge on any atom is 0.335 e. The molecular formula is C15H10BrIN2O2. The van der Waals surface area contributed by atoms with E-state index in [-0.39, 0.29) is 5.56 Å². The molecule has 3 aromatic rings. The fourth-order valence-corrected chi connectivity index (χ4v) is 3.49. The van der Waals surface area contributed by atoms with Crippen molar-refractivity contribution in [1.29, 1.82) is 0 Å². The van der Waals surface area contributed by atoms with Crippen LogP contribution in [0.5, 0.6) is 0 Å². The Bertz CT molecular complexity index is 873. The van der Waals surface area contributed by atoms with Gasteiger partial charge in [-0.25, -0.2) is 9.78 Å². The van der Waals surface area contributed by atoms with Crippen LogP contribution < -0.4 is 0 Å². The van der Waals surface area contributed by atoms with E-state index in [1.165, 1.54) is 0 Å². The highest BCUT2D eigenvalue weighted by atomic mass is 127. The van der Waals surface area contributed by atoms with Crippen LogP contribution in [-0.2, 0) is 0 Å². The van der Waals surface area contributed by atoms with E-state index in [1.807, 2.05) is 29.7 Å². The lowest BCUT2D eigenvalue weighted by Crippen LogP contribution is -2.00. The van der Waals surface area contributed by atoms with E-state index in [2.05, 4.69) is 43.5 Å². The molecule has 0 amide bonds. The summed E-state index contributed by atoms with van der Waals surface area (Å²) in [6.45, 7) is 2.03. The highest BCUT2D eigenvalue weighted by molar-refractivity contribution is 14.1. The standard InChI is InChI=1S/C15H10BrIN2O2/c1-8-10(16)3-2-4-13(8)19-7-18-12-6-9(15(20)21)5-11(17)14(12)19/h2-7H,1H3,(H,20,21). The van der Waals surface area contributed by atoms with Gasteiger partial charge in [-0.3, -0.25) is 4.57 Å². The summed E-state index contributed by atoms with van der Waals surface area (Å²) in [6, 6.07) is 9.24. The van der Waals surface area contributed by atoms with Crippen molar-refractivity contribution in [3.8, 4) is 5.69 Å². The van der Waals surface area contributed by atoms with Crippen LogP contribution >= 0.6 is 38.5 Å². The minimum Gasteiger partial charge on any atom is -0.478 e. The molecule has 6 heteroatoms. The van der Waals surface area contributed by atoms with Gasteiger partial charge in [0.15, 0.2) is 0 Å². The Morgan fingerprint density at radius 3 is 2.86 bits per heavy atom. The van der Waals surface area contributed by atoms with Gasteiger partial charge in [-0.05, 0) is 59.3 Å². The van der Waals surface area contributed by atoms with E-state index >= 15 is 0 Å². The quantitative estimate of drug-likeness (QED) is 0.581. The van der Waals surface area contributed by atoms with Gasteiger partial charge in [-0.1, -0.05) is 22.0 Å². The van der Waals surface area contributed by atoms with Crippen LogP contribution in [0.2, 0.25) is 0 Å². The minimum absolute atomic E-state index is 0.253. The molecule has 21 heavy (non-hydrogen) atoms. The van der Waals surface area contributed by atoms with Gasteiger partial charge >= 0.3 is 5.97 Å². The predicted molar refractivity (Wildman–Crippen MR) is 93.2 cm³/mol. The predicted octanol–water partition coefficient (Wildman–Crippen LogP) is 4.40. The summed E-state index contributed by atoms with van der Waals surface area (Å²) in [5.41, 5.74) is 3.98. The lowest BCUT2D eigenvalue weighted by molar-refractivity contribution is 0.0697. The van der Waals surface area contributed by atoms with E-state index in [9.17, 15) is 4.79 Å². The fourth-order valence-electron chi connectivity index (χ4n) is 2.26. The number of fused-ring (bicyclic) bond motifs is 1. The molecule has 3 rings (SSSR count). The maximum absolute atomic E-state index is 11.1. The number of aromatic carboxylic acids is 1. The molecule has 4 nitrogen and oxygen atoms in total. The molecule has 106 valence electrons. The molecule has 0 saturated heterocycles. The Morgan fingerprint density at radius 1 is 1.38 bits per heavy atom. The Kier molecular flexibility index (Phi) is 3.75. The van der Waals surface area contributed by atoms with Gasteiger partial charge in [0, 0.05) is 8.04 Å². The molecule has 0 unspecified atom stereocenters. The average molecular weight is 457 g/mol. The van der Waals surface area contributed by atoms with E-state index in [1.54, 1.807) is 18.5 Å². The largest absolute Gasteiger partial charge is 0.478 e. The number of carbonyl (C=O) groups is 1. The van der Waals surface area contributed by atoms with Crippen molar-refractivity contribution < 1.29 is 9.90 Å². The number of benzene rings is 2. The first-order chi connectivity index (χ1) is 9.99. The minimum atomic E-state index is -0.942. The van der Waals surface area contributed by atoms with Gasteiger partial charge in [0.2, 0.25) is 0 Å². The molecule has 1 N–H and O–H groups in total. The van der Waals surface area contributed by atoms with Crippen molar-refractivity contribution in [2.45, 2.75) is 6.92 Å². The Hall–Kier alpha value is -1.41. The van der Waals surface area contributed by atoms with Crippen LogP contribution in [0.1, 0.15) is 15.9 Å². The molecule has 0 fully saturated rings. The number of hydrogen-bond acceptors (Lipinski definition) is 2. The Labute approximate surface area is 143 Å². The van der Waals surface area contributed by atoms with Gasteiger partial charge in [0.1, 0.15) is 6.33 Å². The molecule has 0 spiro atoms. The van der Waals surface area contributed by atoms with Crippen molar-refractivity contribution >= 4 is 55.5 Å². The number of halogens is 2. The smallest absolute Gasteiger partial charge is 0.335 e. The second kappa shape index (κ2) is 5.42. The van der Waals surface area contributed by atoms with Crippen molar-refractivity contribution in [3.05, 3.63) is 55.8 Å². The van der Waals surface area contributed by atoms with Crippen LogP contribution in [0, 0.1) is 10.5 Å². The normalized spacial score (nSPS) is 11.0. The van der Waals surface area contributed by atoms with Gasteiger partial charge in [0.25, 0.3) is 0 Å². The molecule has 0 aliphatic carbocycles. The van der Waals surface area contributed by atoms with E-state index in [0.29, 0.717) is 5.52 Å². The van der Waals surface area contributed by atoms with E-state index < -0.39 is 5.97 Å². The molecule has 0 bridgehead atoms. The third kappa shape index (κ3) is 2.46. The monoisotopic (exact) mass is 456 g/mol. The van der Waals surface area contributed by atoms with Crippen LogP contribution in [-0.4, -0.2) is 20.6 Å². The summed E-state index contributed by atoms with van der Waals surface area (Å²) < 4.78 is 3.88. The second-order valence-corrected chi connectivity index (χ2v) is 6.65. The van der Waals surface area contributed by atoms with Crippen molar-refractivity contribution in [1.82, 2.24) is 9.55 Å². The number of carboxylic acid groups (broad SMARTS) is 1. The molecule has 1 aromatic heterocycles. The number of carboxylic acids is 1. The van der Waals surface area contributed by atoms with Gasteiger partial charge in [-0.15, -0.1) is 0 Å². The van der Waals surface area contributed by atoms with Gasteiger partial charge in [-0.2, -0.15) is 0 Å². The van der Waals surface area contributed by atoms with Crippen LogP contribution in [0.25, 0.3) is 16.7 Å². The summed E-state index contributed by atoms with van der Waals surface area (Å²) in [5, 5.41) is 9.13. The lowest BCUT2D eigenvalue weighted by atomic mass is 10.1. The fraction of sp³-hybridized carbons (Fsp3) is 0.0667. The summed E-state index contributed by atoms with van der Waals surface area (Å²) in [4.78, 5) is 15.5. The number of imidazole rings is 1. The Morgan fingerprint density at radius 2 is 2.14 bits per heavy atom. The van der Waals surface area contributed by atoms with Crippen molar-refractivity contribution in [2.24, 2.45) is 0 Å². The third-order valence-electron chi connectivity index (χ3n) is 3.34. The molecule has 1 heterocycles. The summed E-state index contributed by atoms with van der Waals surface area (Å²) in [5.74, 6) is -0.942. The SMILES string of the molecule is Cc1c(Br)cccc1-n1cnc2cc(C(=O)O)cc(I)c21. The molecule has 0 saturated carbocycles. The third-order valence-corrected chi connectivity index (χ3v) is 5.02. The van der Waals surface area contributed by atoms with Crippen LogP contribution in [0.15, 0.2) is 41.1 Å². The second-order valence-electron chi connectivity index (χ2n) is 4.63. The molecule has 2 aromatic carbocycles. The van der Waals surface area contributed by atoms with Gasteiger partial charge < -0.3 is 5.11 Å². The molecular weight excluding hydrogens is 447 g/mol. The molecule has 0 atom stereocenters. The topological polar surface area (TPSA) is 55.1 Å². The van der Waals surface area contributed by atoms with E-state index in [0.717, 1.165) is 24.8 Å². The zero-order chi connectivity index (χ0) is 15.1. The van der Waals surface area contributed by atoms with Crippen molar-refractivity contribution in [2.75, 3.05) is 0 Å². The number of aromatic nitrogens is 2. The Balaban J connectivity index is 2.30. The average Bonchev–Trinajstić information content (AvgIpc) is 2.86. The summed E-state index contributed by atoms with van der Waals surface area (Å²) in [7, 11) is 0. The number of nitrogens with zero attached hydrogens (tertiary/aromatic N) is 2. The number of hydrogen-bond donors (Lipinski definition) is 1. The zero-order valence-electron chi connectivity index (χ0n) is 11.0. The van der Waals surface area contributed by atoms with E-state index in [4.69, 9.17) is 5.11 Å². The highest BCUT2D eigenvalue weighted by Gasteiger charge is 2.14. The molecule has 0 radical (unpaired) electrons. The van der Waals surface area contributed by atoms with Crippen molar-refractivity contribution in [3.63, 3.8) is 0 Å². The zero-order valence-corrected chi connectivity index (χ0v) is 14.7. The number of rotatable bonds is 2. The first-order valence-electron chi connectivity index (χ1n) is 6.14. The lowest BCUT2D eigenvalue weighted by Gasteiger charge is -2.10. The van der Waals surface area contributed by atoms with Gasteiger partial charge in [0.05, 0.1) is 22.3 Å². The molecule has 0 aliphatic rings. The summed E-state index contributed by atoms with van der Waals surface area (Å²) >= 11 is 5.68. The first-order valence-corrected chi connectivity index (χ1v) is 8.01. The summed E-state index contributed by atoms with van der Waals surface area (Å²) in [6.07, 6.45) is 1.73. The molecule has 0 aliphatic heterocycles. The highest BCUT2D eigenvalue weighted by Crippen LogP contribution is 2.29. The first kappa shape index (κ1) is 14.5. The maximum atomic E-state index is 11.1. The van der Waals surface area contributed by atoms with Crippen LogP contribution in [0.4, 0.5) is 0 Å². The van der Waals surface area contributed by atoms with Crippen LogP contribution in [0.3, 0.4) is 0 Å².